The fourth-order valence-electron chi connectivity index (χ4n) is 3.90. The fraction of sp³-hybridized carbons (Fsp3) is 0.667. The van der Waals surface area contributed by atoms with Gasteiger partial charge in [0.05, 0.1) is 6.10 Å². The van der Waals surface area contributed by atoms with Crippen LogP contribution >= 0.6 is 0 Å². The fourth-order valence-corrected chi connectivity index (χ4v) is 3.90. The number of hydrogen-bond donors (Lipinski definition) is 1. The van der Waals surface area contributed by atoms with Crippen molar-refractivity contribution < 1.29 is 13.9 Å². The predicted octanol–water partition coefficient (Wildman–Crippen LogP) is 3.39. The smallest absolute Gasteiger partial charge is 0.317 e. The third-order valence-corrected chi connectivity index (χ3v) is 5.42. The van der Waals surface area contributed by atoms with Crippen LogP contribution in [0.5, 0.6) is 0 Å². The number of ether oxygens (including phenoxy) is 1. The van der Waals surface area contributed by atoms with Crippen LogP contribution in [0.4, 0.5) is 9.18 Å². The second-order valence-corrected chi connectivity index (χ2v) is 7.61. The van der Waals surface area contributed by atoms with Gasteiger partial charge in [-0.1, -0.05) is 12.1 Å². The molecule has 0 aliphatic carbocycles. The van der Waals surface area contributed by atoms with Crippen LogP contribution in [0.2, 0.25) is 0 Å². The summed E-state index contributed by atoms with van der Waals surface area (Å²) in [6, 6.07) is 6.81. The van der Waals surface area contributed by atoms with Gasteiger partial charge < -0.3 is 15.0 Å². The maximum atomic E-state index is 13.3. The van der Waals surface area contributed by atoms with Gasteiger partial charge in [0.2, 0.25) is 0 Å². The Balaban J connectivity index is 1.32. The van der Waals surface area contributed by atoms with Crippen molar-refractivity contribution in [3.8, 4) is 0 Å². The van der Waals surface area contributed by atoms with Crippen molar-refractivity contribution in [2.45, 2.75) is 51.2 Å². The quantitative estimate of drug-likeness (QED) is 0.741. The summed E-state index contributed by atoms with van der Waals surface area (Å²) in [5, 5.41) is 3.06. The second kappa shape index (κ2) is 10.6. The van der Waals surface area contributed by atoms with E-state index in [-0.39, 0.29) is 11.8 Å². The van der Waals surface area contributed by atoms with Crippen LogP contribution in [0.25, 0.3) is 0 Å². The highest BCUT2D eigenvalue weighted by molar-refractivity contribution is 5.74. The van der Waals surface area contributed by atoms with Crippen LogP contribution in [0.3, 0.4) is 0 Å². The molecule has 0 aromatic heterocycles. The minimum Gasteiger partial charge on any atom is -0.378 e. The first-order valence-corrected chi connectivity index (χ1v) is 10.3. The Morgan fingerprint density at radius 3 is 2.93 bits per heavy atom. The Bertz CT molecular complexity index is 593. The van der Waals surface area contributed by atoms with E-state index in [1.165, 1.54) is 18.9 Å². The van der Waals surface area contributed by atoms with Crippen molar-refractivity contribution in [2.24, 2.45) is 0 Å². The molecular weight excluding hydrogens is 345 g/mol. The molecule has 1 atom stereocenters. The molecule has 0 saturated carbocycles. The van der Waals surface area contributed by atoms with Crippen molar-refractivity contribution in [3.63, 3.8) is 0 Å². The molecule has 0 bridgehead atoms. The number of amides is 2. The number of carbonyl (C=O) groups is 1. The average Bonchev–Trinajstić information content (AvgIpc) is 3.06. The second-order valence-electron chi connectivity index (χ2n) is 7.61. The number of urea groups is 1. The van der Waals surface area contributed by atoms with E-state index in [9.17, 15) is 9.18 Å². The van der Waals surface area contributed by atoms with Crippen LogP contribution < -0.4 is 5.32 Å². The summed E-state index contributed by atoms with van der Waals surface area (Å²) in [5.41, 5.74) is 0.985. The molecule has 2 saturated heterocycles. The number of nitrogens with zero attached hydrogens (tertiary/aromatic N) is 2. The Labute approximate surface area is 161 Å². The zero-order valence-corrected chi connectivity index (χ0v) is 16.2. The minimum atomic E-state index is -0.192. The van der Waals surface area contributed by atoms with E-state index in [0.717, 1.165) is 77.1 Å². The van der Waals surface area contributed by atoms with Crippen LogP contribution in [0.1, 0.15) is 44.1 Å². The van der Waals surface area contributed by atoms with Crippen LogP contribution in [0, 0.1) is 5.82 Å². The Morgan fingerprint density at radius 1 is 1.19 bits per heavy atom. The van der Waals surface area contributed by atoms with Crippen molar-refractivity contribution in [2.75, 3.05) is 39.3 Å². The van der Waals surface area contributed by atoms with E-state index in [0.29, 0.717) is 6.10 Å². The lowest BCUT2D eigenvalue weighted by atomic mass is 10.1. The van der Waals surface area contributed by atoms with E-state index in [2.05, 4.69) is 10.2 Å². The van der Waals surface area contributed by atoms with E-state index < -0.39 is 0 Å². The van der Waals surface area contributed by atoms with Gasteiger partial charge in [0.25, 0.3) is 0 Å². The van der Waals surface area contributed by atoms with Crippen LogP contribution in [0.15, 0.2) is 24.3 Å². The normalized spacial score (nSPS) is 21.2. The first kappa shape index (κ1) is 20.1. The number of carbonyl (C=O) groups excluding carboxylic acids is 1. The zero-order valence-electron chi connectivity index (χ0n) is 16.2. The SMILES string of the molecule is O=C(NCCCC[C@@H]1CCCO1)N1CCCN(Cc2cccc(F)c2)CC1. The van der Waals surface area contributed by atoms with Gasteiger partial charge in [-0.05, 0) is 56.2 Å². The topological polar surface area (TPSA) is 44.8 Å². The van der Waals surface area contributed by atoms with E-state index >= 15 is 0 Å². The molecule has 27 heavy (non-hydrogen) atoms. The number of unbranched alkanes of at least 4 members (excludes halogenated alkanes) is 1. The van der Waals surface area contributed by atoms with Gasteiger partial charge >= 0.3 is 6.03 Å². The van der Waals surface area contributed by atoms with Crippen molar-refractivity contribution >= 4 is 6.03 Å². The molecule has 6 heteroatoms. The van der Waals surface area contributed by atoms with Crippen LogP contribution in [-0.2, 0) is 11.3 Å². The lowest BCUT2D eigenvalue weighted by Gasteiger charge is -2.22. The van der Waals surface area contributed by atoms with E-state index in [1.807, 2.05) is 11.0 Å². The summed E-state index contributed by atoms with van der Waals surface area (Å²) < 4.78 is 19.0. The maximum absolute atomic E-state index is 13.3. The largest absolute Gasteiger partial charge is 0.378 e. The van der Waals surface area contributed by atoms with Crippen molar-refractivity contribution in [1.82, 2.24) is 15.1 Å². The van der Waals surface area contributed by atoms with Crippen molar-refractivity contribution in [1.29, 1.82) is 0 Å². The first-order chi connectivity index (χ1) is 13.2. The molecule has 5 nitrogen and oxygen atoms in total. The average molecular weight is 378 g/mol. The van der Waals surface area contributed by atoms with Gasteiger partial charge in [-0.15, -0.1) is 0 Å². The van der Waals surface area contributed by atoms with Gasteiger partial charge in [-0.3, -0.25) is 4.90 Å². The number of hydrogen-bond acceptors (Lipinski definition) is 3. The predicted molar refractivity (Wildman–Crippen MR) is 104 cm³/mol. The molecule has 0 unspecified atom stereocenters. The number of benzene rings is 1. The molecule has 2 fully saturated rings. The molecule has 150 valence electrons. The summed E-state index contributed by atoms with van der Waals surface area (Å²) in [5.74, 6) is -0.192. The molecule has 0 radical (unpaired) electrons. The lowest BCUT2D eigenvalue weighted by molar-refractivity contribution is 0.102. The maximum Gasteiger partial charge on any atom is 0.317 e. The zero-order chi connectivity index (χ0) is 18.9. The highest BCUT2D eigenvalue weighted by Gasteiger charge is 2.19. The monoisotopic (exact) mass is 377 g/mol. The van der Waals surface area contributed by atoms with E-state index in [1.54, 1.807) is 12.1 Å². The molecular formula is C21H32FN3O2. The molecule has 2 amide bonds. The summed E-state index contributed by atoms with van der Waals surface area (Å²) in [4.78, 5) is 16.6. The highest BCUT2D eigenvalue weighted by atomic mass is 19.1. The molecule has 2 aliphatic rings. The Morgan fingerprint density at radius 2 is 2.11 bits per heavy atom. The summed E-state index contributed by atoms with van der Waals surface area (Å²) >= 11 is 0. The molecule has 1 aromatic carbocycles. The molecule has 1 N–H and O–H groups in total. The molecule has 3 rings (SSSR count). The number of rotatable bonds is 7. The number of nitrogens with one attached hydrogen (secondary N) is 1. The Hall–Kier alpha value is -1.66. The summed E-state index contributed by atoms with van der Waals surface area (Å²) in [6.45, 7) is 5.63. The van der Waals surface area contributed by atoms with Gasteiger partial charge in [-0.25, -0.2) is 9.18 Å². The third kappa shape index (κ3) is 6.78. The van der Waals surface area contributed by atoms with E-state index in [4.69, 9.17) is 4.74 Å². The third-order valence-electron chi connectivity index (χ3n) is 5.42. The number of halogens is 1. The van der Waals surface area contributed by atoms with Gasteiger partial charge in [0, 0.05) is 45.9 Å². The van der Waals surface area contributed by atoms with Gasteiger partial charge in [0.15, 0.2) is 0 Å². The molecule has 1 aromatic rings. The first-order valence-electron chi connectivity index (χ1n) is 10.3. The highest BCUT2D eigenvalue weighted by Crippen LogP contribution is 2.17. The lowest BCUT2D eigenvalue weighted by Crippen LogP contribution is -2.42. The van der Waals surface area contributed by atoms with Crippen molar-refractivity contribution in [3.05, 3.63) is 35.6 Å². The Kier molecular flexibility index (Phi) is 7.90. The molecule has 0 spiro atoms. The summed E-state index contributed by atoms with van der Waals surface area (Å²) in [7, 11) is 0. The minimum absolute atomic E-state index is 0.0414. The molecule has 2 aliphatic heterocycles. The molecule has 2 heterocycles. The van der Waals surface area contributed by atoms with Gasteiger partial charge in [0.1, 0.15) is 5.82 Å². The van der Waals surface area contributed by atoms with Gasteiger partial charge in [-0.2, -0.15) is 0 Å². The standard InChI is InChI=1S/C21H32FN3O2/c22-19-7-3-6-18(16-19)17-24-11-5-12-25(14-13-24)21(26)23-10-2-1-8-20-9-4-15-27-20/h3,6-7,16,20H,1-2,4-5,8-15,17H2,(H,23,26)/t20-/m1/s1. The van der Waals surface area contributed by atoms with Crippen LogP contribution in [-0.4, -0.2) is 61.3 Å². The summed E-state index contributed by atoms with van der Waals surface area (Å²) in [6.07, 6.45) is 6.97.